The minimum atomic E-state index is 0.0359. The lowest BCUT2D eigenvalue weighted by atomic mass is 9.32. The van der Waals surface area contributed by atoms with E-state index in [1.807, 2.05) is 0 Å². The fraction of sp³-hybridized carbons (Fsp3) is 0.0182. The highest BCUT2D eigenvalue weighted by Crippen LogP contribution is 2.50. The second-order valence-electron chi connectivity index (χ2n) is 15.7. The first-order valence-electron chi connectivity index (χ1n) is 20.5. The summed E-state index contributed by atoms with van der Waals surface area (Å²) in [6, 6.07) is 79.8. The van der Waals surface area contributed by atoms with Gasteiger partial charge in [-0.2, -0.15) is 0 Å². The van der Waals surface area contributed by atoms with Gasteiger partial charge in [0.25, 0.3) is 6.71 Å². The molecule has 59 heavy (non-hydrogen) atoms. The maximum Gasteiger partial charge on any atom is 0.252 e. The minimum absolute atomic E-state index is 0.0359. The molecule has 2 aliphatic heterocycles. The summed E-state index contributed by atoms with van der Waals surface area (Å²) in [7, 11) is 0. The van der Waals surface area contributed by atoms with Crippen molar-refractivity contribution in [2.75, 3.05) is 14.7 Å². The molecular weight excluding hydrogens is 713 g/mol. The highest BCUT2D eigenvalue weighted by Gasteiger charge is 2.46. The van der Waals surface area contributed by atoms with Gasteiger partial charge in [-0.15, -0.1) is 0 Å². The van der Waals surface area contributed by atoms with E-state index in [9.17, 15) is 0 Å². The van der Waals surface area contributed by atoms with Crippen molar-refractivity contribution >= 4 is 74.3 Å². The zero-order valence-electron chi connectivity index (χ0n) is 32.4. The number of hydrogen-bond acceptors (Lipinski definition) is 3. The summed E-state index contributed by atoms with van der Waals surface area (Å²) >= 11 is 0. The lowest BCUT2D eigenvalue weighted by Crippen LogP contribution is -2.63. The fourth-order valence-corrected chi connectivity index (χ4v) is 9.90. The Bertz CT molecular complexity index is 2970. The lowest BCUT2D eigenvalue weighted by molar-refractivity contribution is 1.10. The number of nitrogens with zero attached hydrogens (tertiary/aromatic N) is 3. The van der Waals surface area contributed by atoms with Gasteiger partial charge in [0.1, 0.15) is 0 Å². The Morgan fingerprint density at radius 3 is 1.53 bits per heavy atom. The van der Waals surface area contributed by atoms with E-state index in [4.69, 9.17) is 0 Å². The van der Waals surface area contributed by atoms with Crippen molar-refractivity contribution in [2.24, 2.45) is 0 Å². The standard InChI is InChI=1S/C55H38BN3/c1-6-17-38(18-7-1)39-29-31-45(32-30-39)59-50-28-16-27-49-55(50)56(54-47-35-41(36-52(54)59)53(47)40-19-8-2-9-20-40)48-34-33-46(37-51(48)58(49)44-25-14-5-15-26-44)57(42-21-10-3-11-22-42)43-23-12-4-13-24-43/h1-34,36-37H,35H2. The topological polar surface area (TPSA) is 9.72 Å². The molecule has 4 heteroatoms. The molecule has 2 bridgehead atoms. The molecule has 276 valence electrons. The Morgan fingerprint density at radius 1 is 0.373 bits per heavy atom. The van der Waals surface area contributed by atoms with Gasteiger partial charge in [0.05, 0.1) is 0 Å². The molecule has 0 radical (unpaired) electrons. The van der Waals surface area contributed by atoms with Crippen LogP contribution in [0.25, 0.3) is 22.3 Å². The predicted octanol–water partition coefficient (Wildman–Crippen LogP) is 12.5. The van der Waals surface area contributed by atoms with Crippen molar-refractivity contribution in [3.05, 3.63) is 230 Å². The first kappa shape index (κ1) is 33.6. The summed E-state index contributed by atoms with van der Waals surface area (Å²) in [6.07, 6.45) is 0.976. The van der Waals surface area contributed by atoms with Gasteiger partial charge in [0.15, 0.2) is 0 Å². The number of fused-ring (bicyclic) bond motifs is 2. The van der Waals surface area contributed by atoms with Crippen molar-refractivity contribution in [1.82, 2.24) is 0 Å². The van der Waals surface area contributed by atoms with Crippen molar-refractivity contribution in [3.8, 4) is 22.3 Å². The van der Waals surface area contributed by atoms with Crippen LogP contribution in [0.4, 0.5) is 51.2 Å². The van der Waals surface area contributed by atoms with Crippen LogP contribution < -0.4 is 31.1 Å². The van der Waals surface area contributed by atoms with Gasteiger partial charge < -0.3 is 14.7 Å². The first-order chi connectivity index (χ1) is 29.3. The highest BCUT2D eigenvalue weighted by atomic mass is 15.2. The maximum absolute atomic E-state index is 2.54. The Hall–Kier alpha value is -7.56. The molecule has 9 aromatic rings. The van der Waals surface area contributed by atoms with Gasteiger partial charge in [-0.1, -0.05) is 140 Å². The summed E-state index contributed by atoms with van der Waals surface area (Å²) in [6.45, 7) is 0.0359. The van der Waals surface area contributed by atoms with Gasteiger partial charge in [-0.3, -0.25) is 0 Å². The summed E-state index contributed by atoms with van der Waals surface area (Å²) in [5.41, 5.74) is 22.6. The molecule has 4 aliphatic rings. The van der Waals surface area contributed by atoms with Crippen molar-refractivity contribution in [1.29, 1.82) is 0 Å². The molecule has 0 fully saturated rings. The van der Waals surface area contributed by atoms with Crippen LogP contribution in [0.5, 0.6) is 0 Å². The van der Waals surface area contributed by atoms with Crippen LogP contribution in [-0.2, 0) is 6.42 Å². The SMILES string of the molecule is c1ccc(-c2ccc(N3c4cccc5c4B(c4ccc(N(c6ccccc6)c6ccccc6)cc4N5c4ccccc4)c4c3cc3c(-c5ccccc5)c4C3)cc2)cc1. The Balaban J connectivity index is 1.12. The first-order valence-corrected chi connectivity index (χ1v) is 20.5. The smallest absolute Gasteiger partial charge is 0.252 e. The minimum Gasteiger partial charge on any atom is -0.311 e. The van der Waals surface area contributed by atoms with Crippen LogP contribution >= 0.6 is 0 Å². The molecule has 0 amide bonds. The predicted molar refractivity (Wildman–Crippen MR) is 249 cm³/mol. The normalized spacial score (nSPS) is 12.9. The summed E-state index contributed by atoms with van der Waals surface area (Å²) < 4.78 is 0. The molecule has 0 saturated carbocycles. The molecule has 2 heterocycles. The van der Waals surface area contributed by atoms with E-state index in [2.05, 4.69) is 233 Å². The Labute approximate surface area is 345 Å². The van der Waals surface area contributed by atoms with Crippen LogP contribution in [0, 0.1) is 0 Å². The van der Waals surface area contributed by atoms with Crippen LogP contribution in [0.3, 0.4) is 0 Å². The average molecular weight is 752 g/mol. The van der Waals surface area contributed by atoms with Gasteiger partial charge >= 0.3 is 0 Å². The number of hydrogen-bond donors (Lipinski definition) is 0. The second-order valence-corrected chi connectivity index (χ2v) is 15.7. The van der Waals surface area contributed by atoms with E-state index in [-0.39, 0.29) is 6.71 Å². The third-order valence-corrected chi connectivity index (χ3v) is 12.4. The molecular formula is C55H38BN3. The molecule has 0 saturated heterocycles. The highest BCUT2D eigenvalue weighted by molar-refractivity contribution is 7.00. The van der Waals surface area contributed by atoms with Crippen molar-refractivity contribution < 1.29 is 0 Å². The molecule has 3 nitrogen and oxygen atoms in total. The Morgan fingerprint density at radius 2 is 0.898 bits per heavy atom. The van der Waals surface area contributed by atoms with Gasteiger partial charge in [-0.05, 0) is 135 Å². The quantitative estimate of drug-likeness (QED) is 0.150. The van der Waals surface area contributed by atoms with E-state index in [1.165, 1.54) is 72.5 Å². The van der Waals surface area contributed by atoms with Crippen molar-refractivity contribution in [3.63, 3.8) is 0 Å². The molecule has 0 N–H and O–H groups in total. The third-order valence-electron chi connectivity index (χ3n) is 12.4. The number of anilines is 9. The summed E-state index contributed by atoms with van der Waals surface area (Å²) in [5.74, 6) is 0. The monoisotopic (exact) mass is 751 g/mol. The summed E-state index contributed by atoms with van der Waals surface area (Å²) in [4.78, 5) is 7.41. The van der Waals surface area contributed by atoms with Crippen LogP contribution in [-0.4, -0.2) is 6.71 Å². The lowest BCUT2D eigenvalue weighted by Gasteiger charge is -2.47. The third kappa shape index (κ3) is 5.30. The Kier molecular flexibility index (Phi) is 7.70. The largest absolute Gasteiger partial charge is 0.311 e. The summed E-state index contributed by atoms with van der Waals surface area (Å²) in [5, 5.41) is 0. The molecule has 13 rings (SSSR count). The number of benzene rings is 9. The zero-order valence-corrected chi connectivity index (χ0v) is 32.4. The van der Waals surface area contributed by atoms with E-state index >= 15 is 0 Å². The molecule has 0 aromatic heterocycles. The molecule has 2 aliphatic carbocycles. The van der Waals surface area contributed by atoms with E-state index in [1.54, 1.807) is 0 Å². The molecule has 0 spiro atoms. The average Bonchev–Trinajstić information content (AvgIpc) is 3.30. The second kappa shape index (κ2) is 13.5. The number of para-hydroxylation sites is 3. The van der Waals surface area contributed by atoms with E-state index < -0.39 is 0 Å². The van der Waals surface area contributed by atoms with E-state index in [0.717, 1.165) is 34.9 Å². The molecule has 0 atom stereocenters. The van der Waals surface area contributed by atoms with E-state index in [0.29, 0.717) is 0 Å². The maximum atomic E-state index is 2.54. The van der Waals surface area contributed by atoms with Crippen LogP contribution in [0.1, 0.15) is 11.1 Å². The molecule has 9 aromatic carbocycles. The van der Waals surface area contributed by atoms with Crippen LogP contribution in [0.15, 0.2) is 218 Å². The van der Waals surface area contributed by atoms with Crippen LogP contribution in [0.2, 0.25) is 0 Å². The van der Waals surface area contributed by atoms with Gasteiger partial charge in [0, 0.05) is 51.2 Å². The molecule has 0 unspecified atom stereocenters. The van der Waals surface area contributed by atoms with Gasteiger partial charge in [0.2, 0.25) is 0 Å². The number of rotatable bonds is 7. The zero-order chi connectivity index (χ0) is 38.9. The van der Waals surface area contributed by atoms with Crippen molar-refractivity contribution in [2.45, 2.75) is 6.42 Å². The van der Waals surface area contributed by atoms with Gasteiger partial charge in [-0.25, -0.2) is 0 Å². The fourth-order valence-electron chi connectivity index (χ4n) is 9.90.